The average Bonchev–Trinajstić information content (AvgIpc) is 3.10. The molecule has 2 saturated heterocycles. The molecule has 8 heteroatoms. The van der Waals surface area contributed by atoms with Crippen LogP contribution in [0.15, 0.2) is 28.8 Å². The van der Waals surface area contributed by atoms with Gasteiger partial charge in [0, 0.05) is 24.6 Å². The Morgan fingerprint density at radius 2 is 2.22 bits per heavy atom. The fourth-order valence-corrected chi connectivity index (χ4v) is 3.68. The number of nitrogens with one attached hydrogen (secondary N) is 1. The van der Waals surface area contributed by atoms with Gasteiger partial charge in [-0.05, 0) is 44.0 Å². The topological polar surface area (TPSA) is 71.3 Å². The molecule has 27 heavy (non-hydrogen) atoms. The Hall–Kier alpha value is -1.99. The molecule has 2 aliphatic rings. The maximum atomic E-state index is 13.4. The number of halogens is 2. The molecule has 1 N–H and O–H groups in total. The van der Waals surface area contributed by atoms with E-state index in [1.54, 1.807) is 12.1 Å². The molecular formula is C19H24ClFN4O2. The van der Waals surface area contributed by atoms with Crippen LogP contribution in [0.5, 0.6) is 0 Å². The molecule has 0 aliphatic carbocycles. The summed E-state index contributed by atoms with van der Waals surface area (Å²) in [6, 6.07) is 6.15. The minimum absolute atomic E-state index is 0. The van der Waals surface area contributed by atoms with E-state index in [0.29, 0.717) is 29.7 Å². The molecule has 0 spiro atoms. The maximum absolute atomic E-state index is 13.4. The van der Waals surface area contributed by atoms with Crippen molar-refractivity contribution in [3.8, 4) is 11.4 Å². The van der Waals surface area contributed by atoms with Gasteiger partial charge >= 0.3 is 0 Å². The molecule has 1 aromatic carbocycles. The molecular weight excluding hydrogens is 371 g/mol. The Bertz CT molecular complexity index is 796. The molecule has 6 nitrogen and oxygen atoms in total. The Balaban J connectivity index is 0.00000210. The van der Waals surface area contributed by atoms with E-state index in [4.69, 9.17) is 4.52 Å². The van der Waals surface area contributed by atoms with Gasteiger partial charge in [-0.25, -0.2) is 4.39 Å². The van der Waals surface area contributed by atoms with Crippen molar-refractivity contribution in [2.24, 2.45) is 11.8 Å². The smallest absolute Gasteiger partial charge is 0.231 e. The fourth-order valence-electron chi connectivity index (χ4n) is 3.68. The van der Waals surface area contributed by atoms with Crippen molar-refractivity contribution in [1.82, 2.24) is 20.4 Å². The molecule has 0 radical (unpaired) electrons. The molecule has 2 atom stereocenters. The van der Waals surface area contributed by atoms with Gasteiger partial charge in [-0.15, -0.1) is 12.4 Å². The van der Waals surface area contributed by atoms with E-state index in [1.807, 2.05) is 11.8 Å². The highest BCUT2D eigenvalue weighted by Gasteiger charge is 2.35. The Morgan fingerprint density at radius 1 is 1.41 bits per heavy atom. The van der Waals surface area contributed by atoms with Gasteiger partial charge in [-0.2, -0.15) is 4.98 Å². The Morgan fingerprint density at radius 3 is 2.93 bits per heavy atom. The van der Waals surface area contributed by atoms with Gasteiger partial charge in [-0.3, -0.25) is 4.79 Å². The van der Waals surface area contributed by atoms with Crippen LogP contribution in [0.4, 0.5) is 4.39 Å². The van der Waals surface area contributed by atoms with Crippen LogP contribution in [0.25, 0.3) is 11.4 Å². The van der Waals surface area contributed by atoms with E-state index in [-0.39, 0.29) is 36.0 Å². The fraction of sp³-hybridized carbons (Fsp3) is 0.526. The van der Waals surface area contributed by atoms with Gasteiger partial charge < -0.3 is 14.7 Å². The molecule has 1 amide bonds. The molecule has 146 valence electrons. The summed E-state index contributed by atoms with van der Waals surface area (Å²) in [5.41, 5.74) is 0.592. The zero-order valence-electron chi connectivity index (χ0n) is 15.2. The van der Waals surface area contributed by atoms with E-state index in [9.17, 15) is 9.18 Å². The van der Waals surface area contributed by atoms with Gasteiger partial charge in [0.15, 0.2) is 0 Å². The van der Waals surface area contributed by atoms with Crippen LogP contribution in [-0.2, 0) is 4.79 Å². The van der Waals surface area contributed by atoms with E-state index in [1.165, 1.54) is 12.1 Å². The minimum atomic E-state index is -0.331. The predicted octanol–water partition coefficient (Wildman–Crippen LogP) is 2.86. The van der Waals surface area contributed by atoms with Crippen LogP contribution in [-0.4, -0.2) is 47.1 Å². The lowest BCUT2D eigenvalue weighted by atomic mass is 9.87. The number of piperidine rings is 1. The summed E-state index contributed by atoms with van der Waals surface area (Å²) in [5, 5.41) is 7.22. The van der Waals surface area contributed by atoms with Crippen molar-refractivity contribution in [3.63, 3.8) is 0 Å². The number of carbonyl (C=O) groups is 1. The molecule has 2 fully saturated rings. The van der Waals surface area contributed by atoms with Crippen LogP contribution in [0, 0.1) is 17.7 Å². The first kappa shape index (κ1) is 19.8. The molecule has 2 aromatic rings. The van der Waals surface area contributed by atoms with Crippen molar-refractivity contribution in [2.45, 2.75) is 25.7 Å². The first-order chi connectivity index (χ1) is 12.6. The largest absolute Gasteiger partial charge is 0.342 e. The van der Waals surface area contributed by atoms with Crippen LogP contribution < -0.4 is 5.32 Å². The number of carbonyl (C=O) groups excluding carboxylic acids is 1. The Labute approximate surface area is 163 Å². The SMILES string of the molecule is CC(C(=O)N1CCCC(c2nc(-c3cccc(F)c3)no2)C1)C1CNC1.Cl. The first-order valence-corrected chi connectivity index (χ1v) is 9.21. The van der Waals surface area contributed by atoms with Crippen LogP contribution >= 0.6 is 12.4 Å². The summed E-state index contributed by atoms with van der Waals surface area (Å²) in [5.74, 6) is 1.31. The van der Waals surface area contributed by atoms with Gasteiger partial charge in [-0.1, -0.05) is 24.2 Å². The van der Waals surface area contributed by atoms with Crippen molar-refractivity contribution in [3.05, 3.63) is 36.0 Å². The molecule has 2 unspecified atom stereocenters. The van der Waals surface area contributed by atoms with Gasteiger partial charge in [0.25, 0.3) is 0 Å². The monoisotopic (exact) mass is 394 g/mol. The normalized spacial score (nSPS) is 21.3. The molecule has 2 aliphatic heterocycles. The first-order valence-electron chi connectivity index (χ1n) is 9.21. The van der Waals surface area contributed by atoms with Crippen LogP contribution in [0.2, 0.25) is 0 Å². The van der Waals surface area contributed by atoms with Gasteiger partial charge in [0.1, 0.15) is 5.82 Å². The summed E-state index contributed by atoms with van der Waals surface area (Å²) >= 11 is 0. The number of rotatable bonds is 4. The average molecular weight is 395 g/mol. The lowest BCUT2D eigenvalue weighted by molar-refractivity contribution is -0.138. The number of likely N-dealkylation sites (tertiary alicyclic amines) is 1. The highest BCUT2D eigenvalue weighted by atomic mass is 35.5. The van der Waals surface area contributed by atoms with Crippen molar-refractivity contribution < 1.29 is 13.7 Å². The number of benzene rings is 1. The summed E-state index contributed by atoms with van der Waals surface area (Å²) in [7, 11) is 0. The van der Waals surface area contributed by atoms with Crippen molar-refractivity contribution in [1.29, 1.82) is 0 Å². The lowest BCUT2D eigenvalue weighted by Crippen LogP contribution is -2.51. The third kappa shape index (κ3) is 4.14. The molecule has 0 saturated carbocycles. The summed E-state index contributed by atoms with van der Waals surface area (Å²) in [4.78, 5) is 19.2. The second-order valence-electron chi connectivity index (χ2n) is 7.30. The third-order valence-corrected chi connectivity index (χ3v) is 5.52. The minimum Gasteiger partial charge on any atom is -0.342 e. The van der Waals surface area contributed by atoms with Crippen molar-refractivity contribution >= 4 is 18.3 Å². The van der Waals surface area contributed by atoms with Crippen molar-refractivity contribution in [2.75, 3.05) is 26.2 Å². The zero-order valence-corrected chi connectivity index (χ0v) is 16.0. The highest BCUT2D eigenvalue weighted by Crippen LogP contribution is 2.29. The predicted molar refractivity (Wildman–Crippen MR) is 101 cm³/mol. The number of aromatic nitrogens is 2. The molecule has 3 heterocycles. The Kier molecular flexibility index (Phi) is 6.11. The van der Waals surface area contributed by atoms with E-state index >= 15 is 0 Å². The quantitative estimate of drug-likeness (QED) is 0.863. The second-order valence-corrected chi connectivity index (χ2v) is 7.30. The van der Waals surface area contributed by atoms with E-state index < -0.39 is 0 Å². The summed E-state index contributed by atoms with van der Waals surface area (Å²) in [6.45, 7) is 5.25. The number of hydrogen-bond donors (Lipinski definition) is 1. The number of hydrogen-bond acceptors (Lipinski definition) is 5. The third-order valence-electron chi connectivity index (χ3n) is 5.52. The zero-order chi connectivity index (χ0) is 18.1. The van der Waals surface area contributed by atoms with E-state index in [2.05, 4.69) is 15.5 Å². The van der Waals surface area contributed by atoms with E-state index in [0.717, 1.165) is 32.5 Å². The molecule has 0 bridgehead atoms. The maximum Gasteiger partial charge on any atom is 0.231 e. The van der Waals surface area contributed by atoms with Gasteiger partial charge in [0.05, 0.1) is 5.92 Å². The van der Waals surface area contributed by atoms with Crippen LogP contribution in [0.3, 0.4) is 0 Å². The second kappa shape index (κ2) is 8.35. The van der Waals surface area contributed by atoms with Gasteiger partial charge in [0.2, 0.25) is 17.6 Å². The number of amides is 1. The standard InChI is InChI=1S/C19H23FN4O2.ClH/c1-12(15-9-21-10-15)19(25)24-7-3-5-14(11-24)18-22-17(23-26-18)13-4-2-6-16(20)8-13;/h2,4,6,8,12,14-15,21H,3,5,7,9-11H2,1H3;1H. The summed E-state index contributed by atoms with van der Waals surface area (Å²) < 4.78 is 18.8. The highest BCUT2D eigenvalue weighted by molar-refractivity contribution is 5.85. The molecule has 1 aromatic heterocycles. The molecule has 4 rings (SSSR count). The summed E-state index contributed by atoms with van der Waals surface area (Å²) in [6.07, 6.45) is 1.83. The lowest BCUT2D eigenvalue weighted by Gasteiger charge is -2.37. The van der Waals surface area contributed by atoms with Crippen LogP contribution in [0.1, 0.15) is 31.6 Å². The number of nitrogens with zero attached hydrogens (tertiary/aromatic N) is 3.